The number of fused-ring (bicyclic) bond motifs is 1. The van der Waals surface area contributed by atoms with E-state index < -0.39 is 10.0 Å². The second-order valence-electron chi connectivity index (χ2n) is 5.04. The maximum atomic E-state index is 12.8. The Hall–Kier alpha value is -1.64. The predicted molar refractivity (Wildman–Crippen MR) is 76.0 cm³/mol. The van der Waals surface area contributed by atoms with Crippen LogP contribution in [0.5, 0.6) is 0 Å². The molecule has 114 valence electrons. The Morgan fingerprint density at radius 1 is 1.43 bits per heavy atom. The highest BCUT2D eigenvalue weighted by atomic mass is 32.2. The van der Waals surface area contributed by atoms with Gasteiger partial charge in [0.15, 0.2) is 0 Å². The van der Waals surface area contributed by atoms with Gasteiger partial charge in [0.1, 0.15) is 22.2 Å². The van der Waals surface area contributed by atoms with Crippen molar-refractivity contribution in [2.45, 2.75) is 31.5 Å². The monoisotopic (exact) mass is 310 g/mol. The maximum absolute atomic E-state index is 12.8. The molecule has 2 aromatic heterocycles. The number of aryl methyl sites for hydroxylation is 1. The molecule has 1 aliphatic rings. The lowest BCUT2D eigenvalue weighted by atomic mass is 10.4. The molecular weight excluding hydrogens is 292 g/mol. The molecule has 7 nitrogen and oxygen atoms in total. The van der Waals surface area contributed by atoms with Crippen LogP contribution in [0.4, 0.5) is 0 Å². The average Bonchev–Trinajstić information content (AvgIpc) is 3.04. The minimum absolute atomic E-state index is 0.243. The Bertz CT molecular complexity index is 747. The van der Waals surface area contributed by atoms with Gasteiger partial charge >= 0.3 is 0 Å². The van der Waals surface area contributed by atoms with Crippen molar-refractivity contribution in [2.75, 3.05) is 13.6 Å². The summed E-state index contributed by atoms with van der Waals surface area (Å²) < 4.78 is 34.5. The minimum atomic E-state index is -3.55. The molecule has 8 heteroatoms. The summed E-state index contributed by atoms with van der Waals surface area (Å²) in [6.07, 6.45) is 3.56. The highest BCUT2D eigenvalue weighted by Gasteiger charge is 2.31. The number of nitrogens with one attached hydrogen (secondary N) is 1. The molecule has 21 heavy (non-hydrogen) atoms. The summed E-state index contributed by atoms with van der Waals surface area (Å²) in [6.45, 7) is 3.53. The molecule has 0 aromatic carbocycles. The second kappa shape index (κ2) is 5.28. The van der Waals surface area contributed by atoms with Crippen LogP contribution in [0, 0.1) is 6.92 Å². The SMILES string of the molecule is CNCc1cc(S(=O)(=O)N2CCn3ccnc3C2)c(C)o1. The van der Waals surface area contributed by atoms with E-state index in [2.05, 4.69) is 10.3 Å². The van der Waals surface area contributed by atoms with E-state index in [1.54, 1.807) is 26.2 Å². The van der Waals surface area contributed by atoms with Crippen LogP contribution in [0.25, 0.3) is 0 Å². The van der Waals surface area contributed by atoms with Gasteiger partial charge in [-0.15, -0.1) is 0 Å². The first-order valence-corrected chi connectivity index (χ1v) is 8.20. The van der Waals surface area contributed by atoms with Crippen LogP contribution < -0.4 is 5.32 Å². The van der Waals surface area contributed by atoms with E-state index in [-0.39, 0.29) is 4.90 Å². The van der Waals surface area contributed by atoms with Gasteiger partial charge in [-0.2, -0.15) is 4.31 Å². The third-order valence-corrected chi connectivity index (χ3v) is 5.55. The molecule has 3 rings (SSSR count). The predicted octanol–water partition coefficient (Wildman–Crippen LogP) is 0.708. The standard InChI is InChI=1S/C13H18N4O3S/c1-10-12(7-11(20-10)8-14-2)21(18,19)17-6-5-16-4-3-15-13(16)9-17/h3-4,7,14H,5-6,8-9H2,1-2H3. The first-order chi connectivity index (χ1) is 10.0. The number of hydrogen-bond acceptors (Lipinski definition) is 5. The average molecular weight is 310 g/mol. The van der Waals surface area contributed by atoms with Crippen LogP contribution in [0.3, 0.4) is 0 Å². The molecule has 0 amide bonds. The molecule has 0 saturated heterocycles. The number of sulfonamides is 1. The molecule has 0 atom stereocenters. The van der Waals surface area contributed by atoms with Crippen LogP contribution in [0.2, 0.25) is 0 Å². The Morgan fingerprint density at radius 3 is 3.00 bits per heavy atom. The van der Waals surface area contributed by atoms with Crippen molar-refractivity contribution in [3.05, 3.63) is 35.8 Å². The fraction of sp³-hybridized carbons (Fsp3) is 0.462. The summed E-state index contributed by atoms with van der Waals surface area (Å²) in [5, 5.41) is 2.95. The molecule has 1 aliphatic heterocycles. The number of aromatic nitrogens is 2. The zero-order chi connectivity index (χ0) is 15.0. The summed E-state index contributed by atoms with van der Waals surface area (Å²) >= 11 is 0. The van der Waals surface area contributed by atoms with Gasteiger partial charge < -0.3 is 14.3 Å². The zero-order valence-electron chi connectivity index (χ0n) is 12.0. The smallest absolute Gasteiger partial charge is 0.247 e. The molecule has 3 heterocycles. The van der Waals surface area contributed by atoms with Crippen LogP contribution in [-0.4, -0.2) is 35.9 Å². The lowest BCUT2D eigenvalue weighted by Crippen LogP contribution is -2.38. The largest absolute Gasteiger partial charge is 0.464 e. The number of imidazole rings is 1. The third kappa shape index (κ3) is 2.50. The third-order valence-electron chi connectivity index (χ3n) is 3.60. The second-order valence-corrected chi connectivity index (χ2v) is 6.95. The molecule has 0 aliphatic carbocycles. The molecule has 0 spiro atoms. The van der Waals surface area contributed by atoms with E-state index >= 15 is 0 Å². The van der Waals surface area contributed by atoms with Crippen molar-refractivity contribution in [2.24, 2.45) is 0 Å². The van der Waals surface area contributed by atoms with Gasteiger partial charge in [-0.3, -0.25) is 0 Å². The van der Waals surface area contributed by atoms with Gasteiger partial charge in [-0.25, -0.2) is 13.4 Å². The van der Waals surface area contributed by atoms with Crippen LogP contribution >= 0.6 is 0 Å². The van der Waals surface area contributed by atoms with Crippen molar-refractivity contribution < 1.29 is 12.8 Å². The van der Waals surface area contributed by atoms with Gasteiger partial charge in [0.25, 0.3) is 0 Å². The highest BCUT2D eigenvalue weighted by Crippen LogP contribution is 2.26. The van der Waals surface area contributed by atoms with Crippen LogP contribution in [0.1, 0.15) is 17.3 Å². The fourth-order valence-electron chi connectivity index (χ4n) is 2.54. The molecule has 0 fully saturated rings. The van der Waals surface area contributed by atoms with Crippen LogP contribution in [0.15, 0.2) is 27.8 Å². The molecule has 0 saturated carbocycles. The topological polar surface area (TPSA) is 80.4 Å². The summed E-state index contributed by atoms with van der Waals surface area (Å²) in [7, 11) is -1.76. The van der Waals surface area contributed by atoms with Crippen molar-refractivity contribution >= 4 is 10.0 Å². The van der Waals surface area contributed by atoms with Gasteiger partial charge in [-0.1, -0.05) is 0 Å². The minimum Gasteiger partial charge on any atom is -0.464 e. The summed E-state index contributed by atoms with van der Waals surface area (Å²) in [5.74, 6) is 1.81. The van der Waals surface area contributed by atoms with E-state index in [9.17, 15) is 8.42 Å². The van der Waals surface area contributed by atoms with Gasteiger partial charge in [-0.05, 0) is 14.0 Å². The van der Waals surface area contributed by atoms with E-state index in [0.29, 0.717) is 37.7 Å². The quantitative estimate of drug-likeness (QED) is 0.899. The first-order valence-electron chi connectivity index (χ1n) is 6.76. The van der Waals surface area contributed by atoms with Gasteiger partial charge in [0, 0.05) is 31.5 Å². The fourth-order valence-corrected chi connectivity index (χ4v) is 4.11. The number of nitrogens with zero attached hydrogens (tertiary/aromatic N) is 3. The molecular formula is C13H18N4O3S. The van der Waals surface area contributed by atoms with Crippen molar-refractivity contribution in [1.29, 1.82) is 0 Å². The molecule has 1 N–H and O–H groups in total. The Labute approximate surface area is 123 Å². The maximum Gasteiger partial charge on any atom is 0.247 e. The summed E-state index contributed by atoms with van der Waals surface area (Å²) in [5.41, 5.74) is 0. The zero-order valence-corrected chi connectivity index (χ0v) is 12.9. The Kier molecular flexibility index (Phi) is 3.60. The van der Waals surface area contributed by atoms with Crippen molar-refractivity contribution in [3.8, 4) is 0 Å². The normalized spacial score (nSPS) is 16.1. The Morgan fingerprint density at radius 2 is 2.24 bits per heavy atom. The molecule has 0 radical (unpaired) electrons. The van der Waals surface area contributed by atoms with Crippen molar-refractivity contribution in [1.82, 2.24) is 19.2 Å². The lowest BCUT2D eigenvalue weighted by molar-refractivity contribution is 0.334. The molecule has 0 unspecified atom stereocenters. The van der Waals surface area contributed by atoms with Crippen LogP contribution in [-0.2, 0) is 29.7 Å². The molecule has 0 bridgehead atoms. The lowest BCUT2D eigenvalue weighted by Gasteiger charge is -2.26. The van der Waals surface area contributed by atoms with Crippen molar-refractivity contribution in [3.63, 3.8) is 0 Å². The van der Waals surface area contributed by atoms with E-state index in [1.165, 1.54) is 4.31 Å². The first kappa shape index (κ1) is 14.3. The van der Waals surface area contributed by atoms with Gasteiger partial charge in [0.05, 0.1) is 13.1 Å². The number of rotatable bonds is 4. The van der Waals surface area contributed by atoms with E-state index in [0.717, 1.165) is 5.82 Å². The van der Waals surface area contributed by atoms with E-state index in [4.69, 9.17) is 4.42 Å². The summed E-state index contributed by atoms with van der Waals surface area (Å²) in [4.78, 5) is 4.44. The summed E-state index contributed by atoms with van der Waals surface area (Å²) in [6, 6.07) is 1.60. The highest BCUT2D eigenvalue weighted by molar-refractivity contribution is 7.89. The van der Waals surface area contributed by atoms with Gasteiger partial charge in [0.2, 0.25) is 10.0 Å². The Balaban J connectivity index is 1.91. The number of hydrogen-bond donors (Lipinski definition) is 1. The molecule has 2 aromatic rings. The van der Waals surface area contributed by atoms with E-state index in [1.807, 2.05) is 10.8 Å². The number of furan rings is 1.